The Morgan fingerprint density at radius 3 is 2.67 bits per heavy atom. The van der Waals surface area contributed by atoms with Crippen LogP contribution in [0.2, 0.25) is 0 Å². The maximum absolute atomic E-state index is 12.8. The number of hydrogen-bond donors (Lipinski definition) is 1. The highest BCUT2D eigenvalue weighted by molar-refractivity contribution is 5.90. The van der Waals surface area contributed by atoms with Crippen molar-refractivity contribution in [2.75, 3.05) is 32.8 Å². The van der Waals surface area contributed by atoms with E-state index in [9.17, 15) is 4.79 Å². The summed E-state index contributed by atoms with van der Waals surface area (Å²) < 4.78 is 7.15. The normalized spacial score (nSPS) is 20.7. The molecule has 2 aromatic heterocycles. The molecule has 0 atom stereocenters. The van der Waals surface area contributed by atoms with Crippen LogP contribution in [-0.2, 0) is 4.74 Å². The Hall–Kier alpha value is -2.06. The van der Waals surface area contributed by atoms with E-state index in [1.54, 1.807) is 4.52 Å². The molecule has 8 nitrogen and oxygen atoms in total. The zero-order chi connectivity index (χ0) is 18.9. The van der Waals surface area contributed by atoms with Crippen LogP contribution in [0.4, 0.5) is 0 Å². The van der Waals surface area contributed by atoms with Gasteiger partial charge >= 0.3 is 0 Å². The number of hydrogen-bond acceptors (Lipinski definition) is 6. The Balaban J connectivity index is 1.50. The van der Waals surface area contributed by atoms with Gasteiger partial charge in [0.05, 0.1) is 13.2 Å². The van der Waals surface area contributed by atoms with E-state index >= 15 is 0 Å². The zero-order valence-corrected chi connectivity index (χ0v) is 16.2. The molecule has 1 amide bonds. The summed E-state index contributed by atoms with van der Waals surface area (Å²) in [6.45, 7) is 7.90. The molecule has 3 heterocycles. The second-order valence-corrected chi connectivity index (χ2v) is 7.75. The topological polar surface area (TPSA) is 84.7 Å². The Morgan fingerprint density at radius 1 is 1.19 bits per heavy atom. The quantitative estimate of drug-likeness (QED) is 0.876. The number of nitrogens with one attached hydrogen (secondary N) is 1. The van der Waals surface area contributed by atoms with Gasteiger partial charge in [0.25, 0.3) is 11.7 Å². The summed E-state index contributed by atoms with van der Waals surface area (Å²) in [5, 5.41) is 7.46. The van der Waals surface area contributed by atoms with Gasteiger partial charge in [0.15, 0.2) is 0 Å². The van der Waals surface area contributed by atoms with Crippen LogP contribution >= 0.6 is 0 Å². The van der Waals surface area contributed by atoms with Crippen LogP contribution in [0, 0.1) is 13.8 Å². The van der Waals surface area contributed by atoms with E-state index in [0.29, 0.717) is 12.3 Å². The fourth-order valence-corrected chi connectivity index (χ4v) is 4.44. The second kappa shape index (κ2) is 7.52. The molecule has 0 bridgehead atoms. The van der Waals surface area contributed by atoms with Crippen LogP contribution in [0.3, 0.4) is 0 Å². The first-order valence-electron chi connectivity index (χ1n) is 9.89. The largest absolute Gasteiger partial charge is 0.379 e. The van der Waals surface area contributed by atoms with Crippen molar-refractivity contribution < 1.29 is 9.53 Å². The van der Waals surface area contributed by atoms with Crippen molar-refractivity contribution in [3.63, 3.8) is 0 Å². The lowest BCUT2D eigenvalue weighted by Crippen LogP contribution is -2.59. The summed E-state index contributed by atoms with van der Waals surface area (Å²) in [4.78, 5) is 24.0. The van der Waals surface area contributed by atoms with Gasteiger partial charge in [-0.3, -0.25) is 9.69 Å². The number of carbonyl (C=O) groups is 1. The van der Waals surface area contributed by atoms with Gasteiger partial charge in [0, 0.05) is 36.6 Å². The molecule has 0 aromatic carbocycles. The summed E-state index contributed by atoms with van der Waals surface area (Å²) in [5.41, 5.74) is 1.82. The van der Waals surface area contributed by atoms with E-state index in [4.69, 9.17) is 4.74 Å². The van der Waals surface area contributed by atoms with Gasteiger partial charge in [-0.1, -0.05) is 19.3 Å². The molecule has 27 heavy (non-hydrogen) atoms. The molecule has 0 unspecified atom stereocenters. The van der Waals surface area contributed by atoms with Gasteiger partial charge in [-0.15, -0.1) is 5.10 Å². The van der Waals surface area contributed by atoms with Gasteiger partial charge < -0.3 is 10.1 Å². The van der Waals surface area contributed by atoms with Crippen molar-refractivity contribution >= 4 is 11.7 Å². The lowest BCUT2D eigenvalue weighted by Gasteiger charge is -2.48. The molecular formula is C19H28N6O2. The van der Waals surface area contributed by atoms with Gasteiger partial charge in [0.2, 0.25) is 5.82 Å². The number of morpholine rings is 1. The molecular weight excluding hydrogens is 344 g/mol. The minimum absolute atomic E-state index is 0.0294. The van der Waals surface area contributed by atoms with Gasteiger partial charge in [0.1, 0.15) is 0 Å². The smallest absolute Gasteiger partial charge is 0.291 e. The van der Waals surface area contributed by atoms with Crippen molar-refractivity contribution in [2.45, 2.75) is 51.5 Å². The molecule has 2 aromatic rings. The zero-order valence-electron chi connectivity index (χ0n) is 16.2. The van der Waals surface area contributed by atoms with Crippen LogP contribution in [0.15, 0.2) is 6.07 Å². The molecule has 1 saturated heterocycles. The number of rotatable bonds is 4. The molecule has 1 saturated carbocycles. The molecule has 1 N–H and O–H groups in total. The highest BCUT2D eigenvalue weighted by atomic mass is 16.5. The van der Waals surface area contributed by atoms with E-state index in [-0.39, 0.29) is 17.3 Å². The minimum Gasteiger partial charge on any atom is -0.379 e. The van der Waals surface area contributed by atoms with Crippen molar-refractivity contribution in [1.82, 2.24) is 29.8 Å². The fourth-order valence-electron chi connectivity index (χ4n) is 4.44. The molecule has 1 aliphatic carbocycles. The SMILES string of the molecule is Cc1cc(C)n2nc(C(=O)NCC3(N4CCOCC4)CCCCC3)nc2n1. The maximum atomic E-state index is 12.8. The predicted molar refractivity (Wildman–Crippen MR) is 101 cm³/mol. The standard InChI is InChI=1S/C19H28N6O2/c1-14-12-15(2)25-18(21-14)22-16(23-25)17(26)20-13-19(6-4-3-5-7-19)24-8-10-27-11-9-24/h12H,3-11,13H2,1-2H3,(H,20,26). The van der Waals surface area contributed by atoms with Crippen molar-refractivity contribution in [2.24, 2.45) is 0 Å². The lowest BCUT2D eigenvalue weighted by atomic mass is 9.79. The van der Waals surface area contributed by atoms with Gasteiger partial charge in [-0.25, -0.2) is 9.50 Å². The van der Waals surface area contributed by atoms with Gasteiger partial charge in [-0.2, -0.15) is 4.98 Å². The molecule has 1 aliphatic heterocycles. The van der Waals surface area contributed by atoms with E-state index in [0.717, 1.165) is 50.5 Å². The van der Waals surface area contributed by atoms with Gasteiger partial charge in [-0.05, 0) is 32.8 Å². The number of amides is 1. The van der Waals surface area contributed by atoms with E-state index in [2.05, 4.69) is 25.3 Å². The van der Waals surface area contributed by atoms with Crippen LogP contribution in [0.25, 0.3) is 5.78 Å². The first kappa shape index (κ1) is 18.3. The Labute approximate surface area is 159 Å². The average Bonchev–Trinajstić information content (AvgIpc) is 3.12. The third-order valence-electron chi connectivity index (χ3n) is 5.87. The van der Waals surface area contributed by atoms with Crippen LogP contribution in [0.1, 0.15) is 54.1 Å². The average molecular weight is 372 g/mol. The van der Waals surface area contributed by atoms with E-state index in [1.165, 1.54) is 19.3 Å². The van der Waals surface area contributed by atoms with Crippen molar-refractivity contribution in [1.29, 1.82) is 0 Å². The number of aryl methyl sites for hydroxylation is 2. The van der Waals surface area contributed by atoms with Crippen LogP contribution in [-0.4, -0.2) is 68.8 Å². The Morgan fingerprint density at radius 2 is 1.93 bits per heavy atom. The molecule has 146 valence electrons. The maximum Gasteiger partial charge on any atom is 0.291 e. The summed E-state index contributed by atoms with van der Waals surface area (Å²) >= 11 is 0. The third-order valence-corrected chi connectivity index (χ3v) is 5.87. The summed E-state index contributed by atoms with van der Waals surface area (Å²) in [6, 6.07) is 1.93. The van der Waals surface area contributed by atoms with Crippen LogP contribution in [0.5, 0.6) is 0 Å². The molecule has 2 fully saturated rings. The van der Waals surface area contributed by atoms with E-state index < -0.39 is 0 Å². The predicted octanol–water partition coefficient (Wildman–Crippen LogP) is 1.51. The number of nitrogens with zero attached hydrogens (tertiary/aromatic N) is 5. The Bertz CT molecular complexity index is 821. The Kier molecular flexibility index (Phi) is 5.10. The second-order valence-electron chi connectivity index (χ2n) is 7.75. The van der Waals surface area contributed by atoms with Crippen LogP contribution < -0.4 is 5.32 Å². The summed E-state index contributed by atoms with van der Waals surface area (Å²) in [7, 11) is 0. The van der Waals surface area contributed by atoms with Crippen molar-refractivity contribution in [3.05, 3.63) is 23.3 Å². The minimum atomic E-state index is -0.226. The molecule has 0 radical (unpaired) electrons. The number of carbonyl (C=O) groups excluding carboxylic acids is 1. The fraction of sp³-hybridized carbons (Fsp3) is 0.684. The molecule has 2 aliphatic rings. The molecule has 4 rings (SSSR count). The number of ether oxygens (including phenoxy) is 1. The highest BCUT2D eigenvalue weighted by Gasteiger charge is 2.39. The monoisotopic (exact) mass is 372 g/mol. The third kappa shape index (κ3) is 3.68. The highest BCUT2D eigenvalue weighted by Crippen LogP contribution is 2.33. The lowest BCUT2D eigenvalue weighted by molar-refractivity contribution is -0.0361. The van der Waals surface area contributed by atoms with E-state index in [1.807, 2.05) is 19.9 Å². The van der Waals surface area contributed by atoms with Crippen molar-refractivity contribution in [3.8, 4) is 0 Å². The summed E-state index contributed by atoms with van der Waals surface area (Å²) in [5.74, 6) is 0.429. The first-order valence-corrected chi connectivity index (χ1v) is 9.89. The first-order chi connectivity index (χ1) is 13.1. The molecule has 8 heteroatoms. The number of aromatic nitrogens is 4. The molecule has 0 spiro atoms. The summed E-state index contributed by atoms with van der Waals surface area (Å²) in [6.07, 6.45) is 5.93. The number of fused-ring (bicyclic) bond motifs is 1.